The zero-order valence-corrected chi connectivity index (χ0v) is 18.8. The number of carbonyl (C=O) groups excluding carboxylic acids is 1. The Morgan fingerprint density at radius 1 is 1.24 bits per heavy atom. The van der Waals surface area contributed by atoms with Gasteiger partial charge in [0.05, 0.1) is 23.9 Å². The normalized spacial score (nSPS) is 24.1. The first-order valence-corrected chi connectivity index (χ1v) is 11.0. The average molecular weight is 472 g/mol. The molecule has 2 fully saturated rings. The lowest BCUT2D eigenvalue weighted by molar-refractivity contribution is -0.195. The van der Waals surface area contributed by atoms with Crippen LogP contribution in [0.4, 0.5) is 5.82 Å². The number of nitrogen functional groups attached to an aromatic ring is 1. The molecule has 3 heterocycles. The maximum Gasteiger partial charge on any atom is 0.349 e. The van der Waals surface area contributed by atoms with Crippen molar-refractivity contribution in [2.75, 3.05) is 32.0 Å². The fourth-order valence-electron chi connectivity index (χ4n) is 4.76. The summed E-state index contributed by atoms with van der Waals surface area (Å²) in [6, 6.07) is 7.26. The van der Waals surface area contributed by atoms with E-state index in [1.54, 1.807) is 36.1 Å². The smallest absolute Gasteiger partial charge is 0.349 e. The van der Waals surface area contributed by atoms with E-state index >= 15 is 0 Å². The number of aromatic nitrogens is 2. The number of amides is 1. The Hall–Kier alpha value is -3.44. The van der Waals surface area contributed by atoms with Crippen molar-refractivity contribution in [1.29, 1.82) is 0 Å². The number of carboxylic acid groups (broad SMARTS) is 1. The minimum absolute atomic E-state index is 0.119. The number of aliphatic carboxylic acids is 1. The van der Waals surface area contributed by atoms with Crippen molar-refractivity contribution in [3.05, 3.63) is 52.6 Å². The van der Waals surface area contributed by atoms with E-state index in [4.69, 9.17) is 20.3 Å². The molecule has 0 bridgehead atoms. The second-order valence-corrected chi connectivity index (χ2v) is 9.09. The molecule has 1 aromatic carbocycles. The van der Waals surface area contributed by atoms with Crippen LogP contribution >= 0.6 is 0 Å². The molecule has 34 heavy (non-hydrogen) atoms. The molecule has 2 atom stereocenters. The first-order valence-electron chi connectivity index (χ1n) is 11.0. The van der Waals surface area contributed by atoms with Crippen molar-refractivity contribution in [3.63, 3.8) is 0 Å². The molecular formula is C23H28N4O7. The van der Waals surface area contributed by atoms with Gasteiger partial charge in [0.15, 0.2) is 6.61 Å². The minimum Gasteiger partial charge on any atom is -0.482 e. The van der Waals surface area contributed by atoms with Crippen molar-refractivity contribution in [2.45, 2.75) is 43.4 Å². The molecule has 2 saturated heterocycles. The van der Waals surface area contributed by atoms with Crippen LogP contribution < -0.4 is 16.2 Å². The number of piperidine rings is 1. The van der Waals surface area contributed by atoms with Crippen LogP contribution in [0.15, 0.2) is 41.3 Å². The zero-order chi connectivity index (χ0) is 24.5. The quantitative estimate of drug-likeness (QED) is 0.569. The van der Waals surface area contributed by atoms with E-state index in [0.717, 1.165) is 0 Å². The summed E-state index contributed by atoms with van der Waals surface area (Å²) >= 11 is 0. The van der Waals surface area contributed by atoms with Crippen LogP contribution in [0, 0.1) is 0 Å². The summed E-state index contributed by atoms with van der Waals surface area (Å²) in [4.78, 5) is 41.3. The van der Waals surface area contributed by atoms with Crippen LogP contribution in [-0.2, 0) is 9.53 Å². The van der Waals surface area contributed by atoms with Gasteiger partial charge in [0.2, 0.25) is 0 Å². The summed E-state index contributed by atoms with van der Waals surface area (Å²) < 4.78 is 12.7. The summed E-state index contributed by atoms with van der Waals surface area (Å²) in [6.45, 7) is 2.30. The van der Waals surface area contributed by atoms with Crippen LogP contribution in [0.2, 0.25) is 0 Å². The van der Waals surface area contributed by atoms with Crippen LogP contribution in [0.5, 0.6) is 5.75 Å². The highest BCUT2D eigenvalue weighted by atomic mass is 16.5. The molecule has 1 amide bonds. The van der Waals surface area contributed by atoms with Crippen molar-refractivity contribution < 1.29 is 29.3 Å². The van der Waals surface area contributed by atoms with Gasteiger partial charge < -0.3 is 30.3 Å². The maximum atomic E-state index is 12.9. The number of ether oxygens (including phenoxy) is 2. The monoisotopic (exact) mass is 472 g/mol. The number of hydrogen-bond acceptors (Lipinski definition) is 8. The SMILES string of the molecule is C[C@]1(O)CC2(CCN(C(=O)c3ccc(OCC(=O)O)cc3)CC2)OC[C@@H]1n1ccc(N)nc1=O. The zero-order valence-electron chi connectivity index (χ0n) is 18.8. The Bertz CT molecular complexity index is 1120. The van der Waals surface area contributed by atoms with E-state index in [-0.39, 0.29) is 18.3 Å². The topological polar surface area (TPSA) is 157 Å². The molecular weight excluding hydrogens is 444 g/mol. The molecule has 0 aliphatic carbocycles. The first-order chi connectivity index (χ1) is 16.1. The lowest BCUT2D eigenvalue weighted by Gasteiger charge is -2.51. The van der Waals surface area contributed by atoms with E-state index in [1.807, 2.05) is 0 Å². The van der Waals surface area contributed by atoms with Gasteiger partial charge in [0.1, 0.15) is 11.6 Å². The van der Waals surface area contributed by atoms with Crippen molar-refractivity contribution in [1.82, 2.24) is 14.5 Å². The van der Waals surface area contributed by atoms with Gasteiger partial charge in [0, 0.05) is 31.3 Å². The molecule has 11 nitrogen and oxygen atoms in total. The highest BCUT2D eigenvalue weighted by Crippen LogP contribution is 2.43. The van der Waals surface area contributed by atoms with Gasteiger partial charge in [-0.1, -0.05) is 0 Å². The summed E-state index contributed by atoms with van der Waals surface area (Å²) in [7, 11) is 0. The van der Waals surface area contributed by atoms with E-state index in [0.29, 0.717) is 43.7 Å². The number of aliphatic hydroxyl groups is 1. The fourth-order valence-corrected chi connectivity index (χ4v) is 4.76. The summed E-state index contributed by atoms with van der Waals surface area (Å²) in [6.07, 6.45) is 2.94. The lowest BCUT2D eigenvalue weighted by Crippen LogP contribution is -2.59. The third-order valence-electron chi connectivity index (χ3n) is 6.56. The summed E-state index contributed by atoms with van der Waals surface area (Å²) in [5, 5.41) is 19.9. The Kier molecular flexibility index (Phi) is 6.32. The molecule has 2 aliphatic rings. The molecule has 0 unspecified atom stereocenters. The van der Waals surface area contributed by atoms with Crippen LogP contribution in [0.25, 0.3) is 0 Å². The summed E-state index contributed by atoms with van der Waals surface area (Å²) in [5.74, 6) is -0.720. The molecule has 4 N–H and O–H groups in total. The van der Waals surface area contributed by atoms with E-state index < -0.39 is 35.5 Å². The van der Waals surface area contributed by atoms with Crippen molar-refractivity contribution >= 4 is 17.7 Å². The number of nitrogens with zero attached hydrogens (tertiary/aromatic N) is 3. The Balaban J connectivity index is 1.38. The third kappa shape index (κ3) is 4.90. The van der Waals surface area contributed by atoms with Crippen LogP contribution in [0.1, 0.15) is 42.6 Å². The molecule has 2 aromatic rings. The number of anilines is 1. The van der Waals surface area contributed by atoms with Crippen LogP contribution in [-0.4, -0.2) is 74.0 Å². The number of benzene rings is 1. The largest absolute Gasteiger partial charge is 0.482 e. The number of nitrogens with two attached hydrogens (primary N) is 1. The van der Waals surface area contributed by atoms with Gasteiger partial charge in [0.25, 0.3) is 5.91 Å². The first kappa shape index (κ1) is 23.7. The maximum absolute atomic E-state index is 12.9. The van der Waals surface area contributed by atoms with Crippen molar-refractivity contribution in [3.8, 4) is 5.75 Å². The van der Waals surface area contributed by atoms with Crippen LogP contribution in [0.3, 0.4) is 0 Å². The number of likely N-dealkylation sites (tertiary alicyclic amines) is 1. The van der Waals surface area contributed by atoms with E-state index in [2.05, 4.69) is 4.98 Å². The lowest BCUT2D eigenvalue weighted by atomic mass is 9.75. The van der Waals surface area contributed by atoms with E-state index in [1.165, 1.54) is 16.8 Å². The number of carbonyl (C=O) groups is 2. The average Bonchev–Trinajstić information content (AvgIpc) is 2.78. The number of carboxylic acids is 1. The molecule has 0 saturated carbocycles. The number of rotatable bonds is 5. The Labute approximate surface area is 195 Å². The highest BCUT2D eigenvalue weighted by Gasteiger charge is 2.50. The van der Waals surface area contributed by atoms with Gasteiger partial charge >= 0.3 is 11.7 Å². The van der Waals surface area contributed by atoms with Crippen molar-refractivity contribution in [2.24, 2.45) is 0 Å². The summed E-state index contributed by atoms with van der Waals surface area (Å²) in [5.41, 5.74) is 3.71. The molecule has 11 heteroatoms. The van der Waals surface area contributed by atoms with E-state index in [9.17, 15) is 19.5 Å². The second kappa shape index (κ2) is 9.07. The molecule has 1 aromatic heterocycles. The van der Waals surface area contributed by atoms with Gasteiger partial charge in [-0.05, 0) is 50.1 Å². The predicted molar refractivity (Wildman–Crippen MR) is 121 cm³/mol. The Morgan fingerprint density at radius 3 is 2.50 bits per heavy atom. The molecule has 4 rings (SSSR count). The molecule has 2 aliphatic heterocycles. The Morgan fingerprint density at radius 2 is 1.91 bits per heavy atom. The molecule has 1 spiro atoms. The van der Waals surface area contributed by atoms with Gasteiger partial charge in [-0.15, -0.1) is 0 Å². The number of hydrogen-bond donors (Lipinski definition) is 3. The molecule has 182 valence electrons. The fraction of sp³-hybridized carbons (Fsp3) is 0.478. The highest BCUT2D eigenvalue weighted by molar-refractivity contribution is 5.94. The minimum atomic E-state index is -1.21. The molecule has 0 radical (unpaired) electrons. The standard InChI is InChI=1S/C23H28N4O7/c1-22(32)14-23(34-12-17(22)27-9-6-18(24)25-21(27)31)7-10-26(11-8-23)20(30)15-2-4-16(5-3-15)33-13-19(28)29/h2-6,9,17,32H,7-8,10-14H2,1H3,(H,28,29)(H2,24,25,31)/t17-,22-/m0/s1. The third-order valence-corrected chi connectivity index (χ3v) is 6.56. The second-order valence-electron chi connectivity index (χ2n) is 9.09. The van der Waals surface area contributed by atoms with Gasteiger partial charge in [-0.25, -0.2) is 9.59 Å². The predicted octanol–water partition coefficient (Wildman–Crippen LogP) is 0.676. The van der Waals surface area contributed by atoms with Gasteiger partial charge in [-0.3, -0.25) is 9.36 Å². The van der Waals surface area contributed by atoms with Gasteiger partial charge in [-0.2, -0.15) is 4.98 Å².